The van der Waals surface area contributed by atoms with E-state index in [9.17, 15) is 22.8 Å². The molecule has 0 bridgehead atoms. The van der Waals surface area contributed by atoms with Crippen LogP contribution in [-0.2, 0) is 46.9 Å². The Labute approximate surface area is 424 Å². The number of hydrogen-bond acceptors (Lipinski definition) is 11. The molecule has 0 aromatic heterocycles. The third kappa shape index (κ3) is 14.3. The van der Waals surface area contributed by atoms with Crippen LogP contribution in [0.15, 0.2) is 150 Å². The second-order valence-corrected chi connectivity index (χ2v) is 20.4. The van der Waals surface area contributed by atoms with Crippen molar-refractivity contribution in [2.75, 3.05) is 41.2 Å². The molecule has 7 aromatic rings. The lowest BCUT2D eigenvalue weighted by molar-refractivity contribution is -0.141. The van der Waals surface area contributed by atoms with Crippen LogP contribution in [0.3, 0.4) is 0 Å². The van der Waals surface area contributed by atoms with Gasteiger partial charge in [0.05, 0.1) is 50.4 Å². The van der Waals surface area contributed by atoms with Gasteiger partial charge in [0.1, 0.15) is 11.4 Å². The summed E-state index contributed by atoms with van der Waals surface area (Å²) in [6.45, 7) is 14.8. The Morgan fingerprint density at radius 1 is 0.556 bits per heavy atom. The second-order valence-electron chi connectivity index (χ2n) is 18.7. The van der Waals surface area contributed by atoms with Crippen molar-refractivity contribution in [2.45, 2.75) is 97.0 Å². The van der Waals surface area contributed by atoms with Crippen LogP contribution in [-0.4, -0.2) is 65.5 Å². The first-order valence-electron chi connectivity index (χ1n) is 23.8. The van der Waals surface area contributed by atoms with Crippen molar-refractivity contribution in [3.8, 4) is 5.75 Å². The zero-order valence-electron chi connectivity index (χ0n) is 42.8. The number of anilines is 4. The Morgan fingerprint density at radius 3 is 1.39 bits per heavy atom. The van der Waals surface area contributed by atoms with Crippen LogP contribution in [0.1, 0.15) is 69.7 Å². The molecule has 0 spiro atoms. The molecule has 0 aliphatic rings. The lowest BCUT2D eigenvalue weighted by Gasteiger charge is -2.32. The highest BCUT2D eigenvalue weighted by Crippen LogP contribution is 2.37. The van der Waals surface area contributed by atoms with E-state index in [1.54, 1.807) is 18.2 Å². The highest BCUT2D eigenvalue weighted by Gasteiger charge is 2.25. The van der Waals surface area contributed by atoms with E-state index in [0.29, 0.717) is 30.2 Å². The molecule has 2 atom stereocenters. The third-order valence-corrected chi connectivity index (χ3v) is 13.4. The highest BCUT2D eigenvalue weighted by molar-refractivity contribution is 7.92. The van der Waals surface area contributed by atoms with Crippen LogP contribution >= 0.6 is 0 Å². The van der Waals surface area contributed by atoms with Gasteiger partial charge in [0.25, 0.3) is 10.0 Å². The summed E-state index contributed by atoms with van der Waals surface area (Å²) in [6, 6.07) is 45.7. The molecule has 14 heteroatoms. The summed E-state index contributed by atoms with van der Waals surface area (Å²) >= 11 is 0. The van der Waals surface area contributed by atoms with E-state index in [1.165, 1.54) is 44.6 Å². The lowest BCUT2D eigenvalue weighted by atomic mass is 10.0. The number of ether oxygens (including phenoxy) is 4. The number of nitrogens with zero attached hydrogens (tertiary/aromatic N) is 2. The average Bonchev–Trinajstić information content (AvgIpc) is 3.36. The van der Waals surface area contributed by atoms with E-state index in [1.807, 2.05) is 108 Å². The van der Waals surface area contributed by atoms with E-state index >= 15 is 0 Å². The van der Waals surface area contributed by atoms with E-state index < -0.39 is 21.7 Å². The maximum atomic E-state index is 13.2. The van der Waals surface area contributed by atoms with Gasteiger partial charge in [-0.15, -0.1) is 0 Å². The van der Waals surface area contributed by atoms with Crippen LogP contribution in [0, 0.1) is 13.8 Å². The fourth-order valence-electron chi connectivity index (χ4n) is 8.24. The minimum atomic E-state index is -3.83. The Hall–Kier alpha value is -7.58. The fraction of sp³-hybridized carbons (Fsp3) is 0.293. The average molecular weight is 995 g/mol. The van der Waals surface area contributed by atoms with Gasteiger partial charge in [-0.1, -0.05) is 108 Å². The Kier molecular flexibility index (Phi) is 17.9. The molecule has 0 fully saturated rings. The Bertz CT molecular complexity index is 3080. The van der Waals surface area contributed by atoms with Crippen LogP contribution in [0.5, 0.6) is 5.75 Å². The zero-order valence-corrected chi connectivity index (χ0v) is 43.6. The van der Waals surface area contributed by atoms with Crippen molar-refractivity contribution in [3.05, 3.63) is 168 Å². The van der Waals surface area contributed by atoms with Gasteiger partial charge in [-0.05, 0) is 108 Å². The molecular formula is C58H66N4O9S. The van der Waals surface area contributed by atoms with Gasteiger partial charge in [0.15, 0.2) is 0 Å². The van der Waals surface area contributed by atoms with Gasteiger partial charge in [-0.3, -0.25) is 19.6 Å². The number of amides is 1. The maximum absolute atomic E-state index is 13.2. The van der Waals surface area contributed by atoms with Crippen molar-refractivity contribution in [1.29, 1.82) is 0 Å². The van der Waals surface area contributed by atoms with Crippen molar-refractivity contribution >= 4 is 72.3 Å². The number of methoxy groups -OCH3 is 3. The molecule has 0 saturated carbocycles. The first-order valence-corrected chi connectivity index (χ1v) is 25.3. The Morgan fingerprint density at radius 2 is 0.972 bits per heavy atom. The first kappa shape index (κ1) is 53.8. The molecule has 7 rings (SSSR count). The summed E-state index contributed by atoms with van der Waals surface area (Å²) in [6.07, 6.45) is -0.0297. The number of esters is 2. The van der Waals surface area contributed by atoms with Gasteiger partial charge >= 0.3 is 18.0 Å². The van der Waals surface area contributed by atoms with Crippen LogP contribution < -0.4 is 24.6 Å². The maximum Gasteiger partial charge on any atom is 0.412 e. The molecule has 0 heterocycles. The number of benzene rings is 7. The number of nitrogens with one attached hydrogen (secondary N) is 2. The lowest BCUT2D eigenvalue weighted by Crippen LogP contribution is -2.35. The smallest absolute Gasteiger partial charge is 0.412 e. The predicted octanol–water partition coefficient (Wildman–Crippen LogP) is 12.4. The largest absolute Gasteiger partial charge is 0.497 e. The molecule has 0 unspecified atom stereocenters. The number of hydrogen-bond donors (Lipinski definition) is 2. The Balaban J connectivity index is 0.000000237. The second kappa shape index (κ2) is 24.0. The van der Waals surface area contributed by atoms with Gasteiger partial charge in [-0.25, -0.2) is 13.2 Å². The minimum Gasteiger partial charge on any atom is -0.497 e. The van der Waals surface area contributed by atoms with Gasteiger partial charge in [0, 0.05) is 58.1 Å². The van der Waals surface area contributed by atoms with E-state index in [0.717, 1.165) is 44.0 Å². The van der Waals surface area contributed by atoms with E-state index in [2.05, 4.69) is 75.3 Å². The molecule has 7 aromatic carbocycles. The summed E-state index contributed by atoms with van der Waals surface area (Å²) in [4.78, 5) is 41.2. The van der Waals surface area contributed by atoms with Gasteiger partial charge < -0.3 is 28.7 Å². The molecule has 378 valence electrons. The van der Waals surface area contributed by atoms with E-state index in [4.69, 9.17) is 18.9 Å². The number of rotatable bonds is 17. The summed E-state index contributed by atoms with van der Waals surface area (Å²) in [5.74, 6) is 0.0296. The zero-order chi connectivity index (χ0) is 52.2. The molecule has 13 nitrogen and oxygen atoms in total. The monoisotopic (exact) mass is 994 g/mol. The highest BCUT2D eigenvalue weighted by atomic mass is 32.2. The van der Waals surface area contributed by atoms with Crippen molar-refractivity contribution in [1.82, 2.24) is 0 Å². The molecule has 0 saturated heterocycles. The summed E-state index contributed by atoms with van der Waals surface area (Å²) in [5, 5.41) is 6.36. The summed E-state index contributed by atoms with van der Waals surface area (Å²) in [5.41, 5.74) is 7.02. The molecule has 2 N–H and O–H groups in total. The predicted molar refractivity (Wildman–Crippen MR) is 288 cm³/mol. The first-order chi connectivity index (χ1) is 34.3. The van der Waals surface area contributed by atoms with Crippen LogP contribution in [0.2, 0.25) is 0 Å². The van der Waals surface area contributed by atoms with Gasteiger partial charge in [-0.2, -0.15) is 0 Å². The third-order valence-electron chi connectivity index (χ3n) is 12.1. The van der Waals surface area contributed by atoms with Crippen molar-refractivity contribution in [3.63, 3.8) is 0 Å². The molecule has 0 aliphatic heterocycles. The molecular weight excluding hydrogens is 929 g/mol. The van der Waals surface area contributed by atoms with Crippen LogP contribution in [0.4, 0.5) is 27.5 Å². The summed E-state index contributed by atoms with van der Waals surface area (Å²) in [7, 11) is 0.496. The normalized spacial score (nSPS) is 12.1. The minimum absolute atomic E-state index is 0.109. The standard InChI is InChI=1S/C30H32N2O5S.C28H34N2O4/c1-21-9-11-23(12-10-21)20-32(22(2)19-30(33)37-4)29-18-17-28(26-7-5-6-8-27(26)29)31-38(34,35)25-15-13-24(36-3)14-16-25;1-19-11-13-21(14-12-19)18-30(20(2)17-26(31)33-6)25-16-15-24(22-9-7-8-10-23(22)25)29-27(32)34-28(3,4)5/h5-18,22,31H,19-20H2,1-4H3;7-16,20H,17-18H2,1-6H3,(H,29,32)/t22-;20-/m00/s1. The molecule has 0 aliphatic carbocycles. The van der Waals surface area contributed by atoms with Crippen molar-refractivity contribution in [2.24, 2.45) is 0 Å². The van der Waals surface area contributed by atoms with Crippen LogP contribution in [0.25, 0.3) is 21.5 Å². The number of carbonyl (C=O) groups excluding carboxylic acids is 3. The van der Waals surface area contributed by atoms with Gasteiger partial charge in [0.2, 0.25) is 0 Å². The molecule has 1 amide bonds. The number of sulfonamides is 1. The number of carbonyl (C=O) groups is 3. The fourth-order valence-corrected chi connectivity index (χ4v) is 9.32. The SMILES string of the molecule is COC(=O)C[C@H](C)N(Cc1ccc(C)cc1)c1ccc(NC(=O)OC(C)(C)C)c2ccccc12.COC(=O)C[C@H](C)N(Cc1ccc(C)cc1)c1ccc(NS(=O)(=O)c2ccc(OC)cc2)c2ccccc12. The topological polar surface area (TPSA) is 153 Å². The summed E-state index contributed by atoms with van der Waals surface area (Å²) < 4.78 is 49.6. The number of fused-ring (bicyclic) bond motifs is 2. The quantitative estimate of drug-likeness (QED) is 0.0662. The van der Waals surface area contributed by atoms with E-state index in [-0.39, 0.29) is 41.8 Å². The molecule has 72 heavy (non-hydrogen) atoms. The van der Waals surface area contributed by atoms with Crippen molar-refractivity contribution < 1.29 is 41.7 Å². The molecule has 0 radical (unpaired) electrons. The number of aryl methyl sites for hydroxylation is 2.